The summed E-state index contributed by atoms with van der Waals surface area (Å²) in [4.78, 5) is 44.5. The summed E-state index contributed by atoms with van der Waals surface area (Å²) < 4.78 is 49.9. The molecule has 0 saturated carbocycles. The fourth-order valence-corrected chi connectivity index (χ4v) is 8.92. The maximum Gasteiger partial charge on any atom is 0.265 e. The molecule has 2 N–H and O–H groups in total. The van der Waals surface area contributed by atoms with Crippen LogP contribution in [0.4, 0.5) is 4.39 Å². The van der Waals surface area contributed by atoms with Gasteiger partial charge in [-0.25, -0.2) is 12.8 Å². The molecule has 2 aromatic carbocycles. The zero-order valence-corrected chi connectivity index (χ0v) is 26.6. The molecule has 2 bridgehead atoms. The number of fused-ring (bicyclic) bond motifs is 3. The predicted octanol–water partition coefficient (Wildman–Crippen LogP) is 2.68. The quantitative estimate of drug-likeness (QED) is 0.441. The van der Waals surface area contributed by atoms with Crippen molar-refractivity contribution in [3.8, 4) is 0 Å². The number of hydrogen-bond donors (Lipinski definition) is 1. The van der Waals surface area contributed by atoms with Gasteiger partial charge in [-0.1, -0.05) is 39.0 Å². The number of aromatic nitrogens is 1. The minimum absolute atomic E-state index is 0.0518. The molecule has 6 rings (SSSR count). The fourth-order valence-electron chi connectivity index (χ4n) is 7.14. The van der Waals surface area contributed by atoms with Crippen LogP contribution in [0.2, 0.25) is 0 Å². The Morgan fingerprint density at radius 3 is 2.36 bits per heavy atom. The average Bonchev–Trinajstić information content (AvgIpc) is 3.69. The van der Waals surface area contributed by atoms with E-state index in [0.29, 0.717) is 22.9 Å². The van der Waals surface area contributed by atoms with Crippen LogP contribution in [-0.4, -0.2) is 95.8 Å². The number of amides is 3. The minimum atomic E-state index is -3.96. The Labute approximate surface area is 261 Å². The molecule has 4 heterocycles. The lowest BCUT2D eigenvalue weighted by atomic mass is 9.85. The van der Waals surface area contributed by atoms with Gasteiger partial charge in [0.15, 0.2) is 0 Å². The van der Waals surface area contributed by atoms with Gasteiger partial charge in [-0.15, -0.1) is 0 Å². The van der Waals surface area contributed by atoms with Gasteiger partial charge in [-0.2, -0.15) is 4.31 Å². The Balaban J connectivity index is 1.26. The Hall–Kier alpha value is -3.81. The van der Waals surface area contributed by atoms with Crippen LogP contribution >= 0.6 is 0 Å². The number of nitrogens with two attached hydrogens (primary N) is 1. The second kappa shape index (κ2) is 11.2. The lowest BCUT2D eigenvalue weighted by molar-refractivity contribution is -0.147. The van der Waals surface area contributed by atoms with E-state index in [4.69, 9.17) is 10.5 Å². The molecule has 3 aliphatic rings. The molecular formula is C32H38FN5O6S. The maximum absolute atomic E-state index is 14.4. The van der Waals surface area contributed by atoms with Gasteiger partial charge >= 0.3 is 0 Å². The molecule has 0 radical (unpaired) electrons. The van der Waals surface area contributed by atoms with Crippen molar-refractivity contribution in [2.75, 3.05) is 32.8 Å². The Bertz CT molecular complexity index is 1800. The van der Waals surface area contributed by atoms with Gasteiger partial charge < -0.3 is 24.8 Å². The number of hydrogen-bond acceptors (Lipinski definition) is 6. The molecule has 3 saturated heterocycles. The van der Waals surface area contributed by atoms with Crippen LogP contribution in [-0.2, 0) is 24.3 Å². The molecule has 0 spiro atoms. The van der Waals surface area contributed by atoms with E-state index in [1.165, 1.54) is 22.5 Å². The third kappa shape index (κ3) is 5.30. The van der Waals surface area contributed by atoms with Crippen LogP contribution in [0.15, 0.2) is 53.4 Å². The normalized spacial score (nSPS) is 23.1. The highest BCUT2D eigenvalue weighted by Gasteiger charge is 2.52. The summed E-state index contributed by atoms with van der Waals surface area (Å²) in [6, 6.07) is 9.89. The molecule has 3 fully saturated rings. The first-order valence-electron chi connectivity index (χ1n) is 15.1. The number of nitrogens with zero attached hydrogens (tertiary/aromatic N) is 4. The summed E-state index contributed by atoms with van der Waals surface area (Å²) in [5.41, 5.74) is 6.30. The van der Waals surface area contributed by atoms with Crippen LogP contribution in [0.5, 0.6) is 0 Å². The Morgan fingerprint density at radius 2 is 1.71 bits per heavy atom. The summed E-state index contributed by atoms with van der Waals surface area (Å²) in [6.07, 6.45) is 0.548. The van der Waals surface area contributed by atoms with Crippen molar-refractivity contribution in [3.63, 3.8) is 0 Å². The average molecular weight is 640 g/mol. The van der Waals surface area contributed by atoms with E-state index >= 15 is 0 Å². The largest absolute Gasteiger partial charge is 0.378 e. The van der Waals surface area contributed by atoms with Gasteiger partial charge in [0.25, 0.3) is 5.91 Å². The lowest BCUT2D eigenvalue weighted by Crippen LogP contribution is -2.60. The van der Waals surface area contributed by atoms with E-state index in [9.17, 15) is 27.2 Å². The number of benzene rings is 2. The number of piperazine rings is 1. The van der Waals surface area contributed by atoms with Crippen LogP contribution in [0.3, 0.4) is 0 Å². The molecule has 240 valence electrons. The number of ether oxygens (including phenoxy) is 1. The molecule has 11 nitrogen and oxygen atoms in total. The second-order valence-corrected chi connectivity index (χ2v) is 15.1. The van der Waals surface area contributed by atoms with E-state index in [0.717, 1.165) is 0 Å². The summed E-state index contributed by atoms with van der Waals surface area (Å²) in [5, 5.41) is 0.463. The van der Waals surface area contributed by atoms with Crippen LogP contribution < -0.4 is 5.73 Å². The highest BCUT2D eigenvalue weighted by molar-refractivity contribution is 7.89. The van der Waals surface area contributed by atoms with Gasteiger partial charge in [0.2, 0.25) is 21.8 Å². The van der Waals surface area contributed by atoms with Gasteiger partial charge in [0.1, 0.15) is 23.6 Å². The van der Waals surface area contributed by atoms with Crippen molar-refractivity contribution in [2.45, 2.75) is 63.2 Å². The Morgan fingerprint density at radius 1 is 1.02 bits per heavy atom. The number of likely N-dealkylation sites (tertiary alicyclic amines) is 2. The number of aryl methyl sites for hydroxylation is 1. The molecule has 3 aromatic rings. The molecule has 1 aromatic heterocycles. The van der Waals surface area contributed by atoms with E-state index in [1.54, 1.807) is 51.6 Å². The molecule has 4 atom stereocenters. The summed E-state index contributed by atoms with van der Waals surface area (Å²) in [6.45, 7) is 8.12. The summed E-state index contributed by atoms with van der Waals surface area (Å²) in [5.74, 6) is -1.76. The highest BCUT2D eigenvalue weighted by Crippen LogP contribution is 2.41. The smallest absolute Gasteiger partial charge is 0.265 e. The first kappa shape index (κ1) is 31.2. The number of halogens is 1. The number of carbonyl (C=O) groups is 3. The van der Waals surface area contributed by atoms with Crippen LogP contribution in [0.1, 0.15) is 49.3 Å². The van der Waals surface area contributed by atoms with Crippen molar-refractivity contribution >= 4 is 38.6 Å². The van der Waals surface area contributed by atoms with E-state index in [1.807, 2.05) is 20.8 Å². The monoisotopic (exact) mass is 639 g/mol. The highest BCUT2D eigenvalue weighted by atomic mass is 32.2. The minimum Gasteiger partial charge on any atom is -0.378 e. The van der Waals surface area contributed by atoms with Gasteiger partial charge in [0, 0.05) is 30.5 Å². The summed E-state index contributed by atoms with van der Waals surface area (Å²) in [7, 11) is -3.96. The lowest BCUT2D eigenvalue weighted by Gasteiger charge is -2.42. The predicted molar refractivity (Wildman–Crippen MR) is 164 cm³/mol. The number of rotatable bonds is 6. The number of carbonyl (C=O) groups excluding carboxylic acids is 3. The topological polar surface area (TPSA) is 135 Å². The van der Waals surface area contributed by atoms with Crippen molar-refractivity contribution in [3.05, 3.63) is 65.6 Å². The third-order valence-electron chi connectivity index (χ3n) is 9.22. The number of morpholine rings is 1. The van der Waals surface area contributed by atoms with Crippen molar-refractivity contribution in [2.24, 2.45) is 11.1 Å². The van der Waals surface area contributed by atoms with E-state index in [2.05, 4.69) is 0 Å². The second-order valence-electron chi connectivity index (χ2n) is 13.2. The van der Waals surface area contributed by atoms with Crippen molar-refractivity contribution in [1.82, 2.24) is 18.7 Å². The molecule has 3 amide bonds. The zero-order chi connectivity index (χ0) is 32.4. The van der Waals surface area contributed by atoms with E-state index < -0.39 is 39.2 Å². The first-order chi connectivity index (χ1) is 21.2. The van der Waals surface area contributed by atoms with Gasteiger partial charge in [-0.05, 0) is 54.7 Å². The molecular weight excluding hydrogens is 601 g/mol. The van der Waals surface area contributed by atoms with Crippen LogP contribution in [0.25, 0.3) is 10.9 Å². The van der Waals surface area contributed by atoms with Gasteiger partial charge in [-0.3, -0.25) is 14.4 Å². The maximum atomic E-state index is 14.4. The molecule has 45 heavy (non-hydrogen) atoms. The SMILES string of the molecule is Cc1ccccc1S(=O)(=O)N1CCOC[C@@H]1C(=O)N1C[C@@H]2C[C@H]1CN2C(=O)[C@@H](n1c(C(N)=O)cc2cc(F)ccc21)C(C)(C)C. The molecule has 0 aliphatic carbocycles. The fraction of sp³-hybridized carbons (Fsp3) is 0.469. The first-order valence-corrected chi connectivity index (χ1v) is 16.5. The molecule has 0 unspecified atom stereocenters. The summed E-state index contributed by atoms with van der Waals surface area (Å²) >= 11 is 0. The standard InChI is InChI=1S/C32H38FN5O6S/c1-19-7-5-6-8-27(19)45(42,43)37-11-12-44-18-26(37)30(40)35-16-23-15-22(35)17-36(23)31(41)28(32(2,3)4)38-24-10-9-21(33)13-20(24)14-25(38)29(34)39/h5-10,13-14,22-23,26,28H,11-12,15-18H2,1-4H3,(H2,34,39)/t22-,23-,26+,28+/m0/s1. The van der Waals surface area contributed by atoms with Crippen LogP contribution in [0, 0.1) is 18.2 Å². The number of primary amides is 1. The molecule has 13 heteroatoms. The Kier molecular flexibility index (Phi) is 7.77. The van der Waals surface area contributed by atoms with Crippen molar-refractivity contribution < 1.29 is 31.9 Å². The van der Waals surface area contributed by atoms with E-state index in [-0.39, 0.29) is 67.3 Å². The zero-order valence-electron chi connectivity index (χ0n) is 25.8. The molecule has 3 aliphatic heterocycles. The van der Waals surface area contributed by atoms with Crippen molar-refractivity contribution in [1.29, 1.82) is 0 Å². The van der Waals surface area contributed by atoms with Gasteiger partial charge in [0.05, 0.1) is 30.2 Å². The number of sulfonamides is 1. The third-order valence-corrected chi connectivity index (χ3v) is 11.3.